The summed E-state index contributed by atoms with van der Waals surface area (Å²) in [6, 6.07) is 8.77. The van der Waals surface area contributed by atoms with Crippen molar-refractivity contribution in [2.75, 3.05) is 16.8 Å². The molecule has 4 rings (SSSR count). The second-order valence-electron chi connectivity index (χ2n) is 10.7. The summed E-state index contributed by atoms with van der Waals surface area (Å²) in [6.45, 7) is 6.18. The lowest BCUT2D eigenvalue weighted by atomic mass is 9.74. The summed E-state index contributed by atoms with van der Waals surface area (Å²) in [5.41, 5.74) is 2.90. The number of anilines is 2. The largest absolute Gasteiger partial charge is 0.480 e. The van der Waals surface area contributed by atoms with Gasteiger partial charge in [0.15, 0.2) is 0 Å². The van der Waals surface area contributed by atoms with Crippen LogP contribution in [0, 0.1) is 11.8 Å². The number of allylic oxidation sites excluding steroid dienone is 1. The molecule has 1 aromatic carbocycles. The smallest absolute Gasteiger partial charge is 0.322 e. The van der Waals surface area contributed by atoms with Gasteiger partial charge in [0, 0.05) is 37.2 Å². The van der Waals surface area contributed by atoms with Crippen LogP contribution in [0.25, 0.3) is 0 Å². The van der Waals surface area contributed by atoms with Gasteiger partial charge >= 0.3 is 5.97 Å². The lowest BCUT2D eigenvalue weighted by Gasteiger charge is -2.53. The minimum atomic E-state index is -0.916. The molecule has 6 nitrogen and oxygen atoms in total. The molecule has 2 heterocycles. The third-order valence-corrected chi connectivity index (χ3v) is 8.00. The Labute approximate surface area is 204 Å². The lowest BCUT2D eigenvalue weighted by molar-refractivity contribution is -0.135. The van der Waals surface area contributed by atoms with Crippen molar-refractivity contribution in [2.24, 2.45) is 11.8 Å². The fourth-order valence-electron chi connectivity index (χ4n) is 6.92. The first-order chi connectivity index (χ1) is 16.4. The summed E-state index contributed by atoms with van der Waals surface area (Å²) in [6.07, 6.45) is 13.1. The van der Waals surface area contributed by atoms with E-state index in [1.807, 2.05) is 29.2 Å². The quantitative estimate of drug-likeness (QED) is 0.517. The van der Waals surface area contributed by atoms with Crippen LogP contribution < -0.4 is 10.2 Å². The monoisotopic (exact) mass is 467 g/mol. The van der Waals surface area contributed by atoms with E-state index in [1.54, 1.807) is 6.92 Å². The van der Waals surface area contributed by atoms with Crippen LogP contribution in [0.2, 0.25) is 0 Å². The zero-order chi connectivity index (χ0) is 24.2. The van der Waals surface area contributed by atoms with E-state index in [4.69, 9.17) is 5.11 Å². The molecular weight excluding hydrogens is 426 g/mol. The molecule has 186 valence electrons. The average Bonchev–Trinajstić information content (AvgIpc) is 2.77. The molecule has 2 bridgehead atoms. The molecule has 5 atom stereocenters. The predicted molar refractivity (Wildman–Crippen MR) is 137 cm³/mol. The molecule has 1 aliphatic carbocycles. The topological polar surface area (TPSA) is 72.9 Å². The number of fused-ring (bicyclic) bond motifs is 2. The number of nitrogens with one attached hydrogen (secondary N) is 1. The Kier molecular flexibility index (Phi) is 7.84. The van der Waals surface area contributed by atoms with E-state index in [2.05, 4.69) is 30.1 Å². The van der Waals surface area contributed by atoms with E-state index in [-0.39, 0.29) is 18.5 Å². The van der Waals surface area contributed by atoms with E-state index >= 15 is 0 Å². The number of carbonyl (C=O) groups is 2. The molecule has 2 aliphatic heterocycles. The van der Waals surface area contributed by atoms with Crippen LogP contribution in [0.15, 0.2) is 36.0 Å². The molecule has 6 heteroatoms. The van der Waals surface area contributed by atoms with E-state index in [0.717, 1.165) is 43.2 Å². The highest BCUT2D eigenvalue weighted by atomic mass is 16.4. The van der Waals surface area contributed by atoms with Gasteiger partial charge in [-0.2, -0.15) is 0 Å². The third-order valence-electron chi connectivity index (χ3n) is 8.00. The number of benzene rings is 1. The number of rotatable bonds is 8. The van der Waals surface area contributed by atoms with Crippen LogP contribution in [0.4, 0.5) is 11.4 Å². The summed E-state index contributed by atoms with van der Waals surface area (Å²) >= 11 is 0. The first-order valence-corrected chi connectivity index (χ1v) is 13.2. The second kappa shape index (κ2) is 10.8. The fraction of sp³-hybridized carbons (Fsp3) is 0.643. The number of carboxylic acid groups (broad SMARTS) is 1. The number of hydrogen-bond acceptors (Lipinski definition) is 4. The van der Waals surface area contributed by atoms with E-state index in [0.29, 0.717) is 17.8 Å². The molecule has 3 aliphatic rings. The number of para-hydroxylation sites is 2. The Bertz CT molecular complexity index is 914. The van der Waals surface area contributed by atoms with Gasteiger partial charge < -0.3 is 20.2 Å². The summed E-state index contributed by atoms with van der Waals surface area (Å²) < 4.78 is 0. The minimum absolute atomic E-state index is 0.0102. The number of hydrogen-bond donors (Lipinski definition) is 2. The van der Waals surface area contributed by atoms with Crippen molar-refractivity contribution in [1.82, 2.24) is 4.90 Å². The standard InChI is InChI=1S/C28H41N3O3/c1-4-8-21-13-19(2)14-24(15-21)31-22-9-7-10-23(31)17-25(16-22)30(20(3)32)27-12-6-5-11-26(27)29-18-28(33)34/h5-6,9,11-12,19,21,23-25,29H,4,7-8,10,13-18H2,1-3H3,(H,33,34). The molecule has 2 N–H and O–H groups in total. The maximum atomic E-state index is 12.9. The molecule has 0 spiro atoms. The van der Waals surface area contributed by atoms with Gasteiger partial charge in [-0.15, -0.1) is 0 Å². The fourth-order valence-corrected chi connectivity index (χ4v) is 6.92. The highest BCUT2D eigenvalue weighted by Crippen LogP contribution is 2.44. The normalized spacial score (nSPS) is 28.7. The van der Waals surface area contributed by atoms with Crippen LogP contribution >= 0.6 is 0 Å². The number of amides is 1. The second-order valence-corrected chi connectivity index (χ2v) is 10.7. The highest BCUT2D eigenvalue weighted by Gasteiger charge is 2.42. The van der Waals surface area contributed by atoms with Crippen LogP contribution in [0.3, 0.4) is 0 Å². The van der Waals surface area contributed by atoms with E-state index < -0.39 is 5.97 Å². The van der Waals surface area contributed by atoms with Crippen molar-refractivity contribution >= 4 is 23.3 Å². The van der Waals surface area contributed by atoms with Gasteiger partial charge in [0.25, 0.3) is 0 Å². The molecule has 0 radical (unpaired) electrons. The highest BCUT2D eigenvalue weighted by molar-refractivity contribution is 5.96. The van der Waals surface area contributed by atoms with Crippen molar-refractivity contribution in [3.8, 4) is 0 Å². The third kappa shape index (κ3) is 5.42. The molecule has 2 fully saturated rings. The van der Waals surface area contributed by atoms with Crippen molar-refractivity contribution in [3.05, 3.63) is 36.0 Å². The van der Waals surface area contributed by atoms with Crippen LogP contribution in [-0.4, -0.2) is 46.6 Å². The molecule has 1 amide bonds. The van der Waals surface area contributed by atoms with Crippen LogP contribution in [-0.2, 0) is 9.59 Å². The van der Waals surface area contributed by atoms with Gasteiger partial charge in [-0.05, 0) is 62.5 Å². The van der Waals surface area contributed by atoms with Crippen LogP contribution in [0.1, 0.15) is 78.6 Å². The molecule has 1 saturated carbocycles. The van der Waals surface area contributed by atoms with Gasteiger partial charge in [-0.25, -0.2) is 0 Å². The molecule has 34 heavy (non-hydrogen) atoms. The van der Waals surface area contributed by atoms with E-state index in [9.17, 15) is 9.59 Å². The zero-order valence-electron chi connectivity index (χ0n) is 21.0. The average molecular weight is 468 g/mol. The van der Waals surface area contributed by atoms with Gasteiger partial charge in [-0.3, -0.25) is 9.59 Å². The lowest BCUT2D eigenvalue weighted by Crippen LogP contribution is -2.55. The zero-order valence-corrected chi connectivity index (χ0v) is 21.0. The van der Waals surface area contributed by atoms with Gasteiger partial charge in [0.2, 0.25) is 5.91 Å². The van der Waals surface area contributed by atoms with E-state index in [1.165, 1.54) is 37.8 Å². The summed E-state index contributed by atoms with van der Waals surface area (Å²) in [5.74, 6) is 0.699. The number of aliphatic carboxylic acids is 1. The number of piperidine rings is 1. The summed E-state index contributed by atoms with van der Waals surface area (Å²) in [4.78, 5) is 28.8. The van der Waals surface area contributed by atoms with Crippen molar-refractivity contribution in [2.45, 2.75) is 96.7 Å². The maximum absolute atomic E-state index is 12.9. The van der Waals surface area contributed by atoms with Gasteiger partial charge in [-0.1, -0.05) is 44.9 Å². The number of carbonyl (C=O) groups excluding carboxylic acids is 1. The molecule has 1 aromatic rings. The maximum Gasteiger partial charge on any atom is 0.322 e. The Morgan fingerprint density at radius 3 is 2.65 bits per heavy atom. The molecule has 0 aromatic heterocycles. The van der Waals surface area contributed by atoms with Gasteiger partial charge in [0.05, 0.1) is 11.4 Å². The number of nitrogens with zero attached hydrogens (tertiary/aromatic N) is 2. The van der Waals surface area contributed by atoms with Crippen molar-refractivity contribution in [3.63, 3.8) is 0 Å². The predicted octanol–water partition coefficient (Wildman–Crippen LogP) is 5.65. The minimum Gasteiger partial charge on any atom is -0.480 e. The van der Waals surface area contributed by atoms with Gasteiger partial charge in [0.1, 0.15) is 6.54 Å². The molecular formula is C28H41N3O3. The SMILES string of the molecule is CCCC1CC(C)CC(N2C3=CCCC2CC(N(C(C)=O)c2ccccc2NCC(=O)O)C3)C1. The summed E-state index contributed by atoms with van der Waals surface area (Å²) in [7, 11) is 0. The Morgan fingerprint density at radius 1 is 1.15 bits per heavy atom. The Hall–Kier alpha value is -2.50. The first-order valence-electron chi connectivity index (χ1n) is 13.2. The molecule has 1 saturated heterocycles. The first kappa shape index (κ1) is 24.6. The number of carboxylic acids is 1. The Balaban J connectivity index is 1.56. The summed E-state index contributed by atoms with van der Waals surface area (Å²) in [5, 5.41) is 12.1. The van der Waals surface area contributed by atoms with Crippen molar-refractivity contribution in [1.29, 1.82) is 0 Å². The van der Waals surface area contributed by atoms with Crippen LogP contribution in [0.5, 0.6) is 0 Å². The van der Waals surface area contributed by atoms with Crippen molar-refractivity contribution < 1.29 is 14.7 Å². The molecule has 5 unspecified atom stereocenters. The Morgan fingerprint density at radius 2 is 1.94 bits per heavy atom.